The van der Waals surface area contributed by atoms with Gasteiger partial charge in [-0.2, -0.15) is 0 Å². The van der Waals surface area contributed by atoms with Gasteiger partial charge in [0.1, 0.15) is 0 Å². The second kappa shape index (κ2) is 12.6. The van der Waals surface area contributed by atoms with Gasteiger partial charge in [-0.15, -0.1) is 11.3 Å². The van der Waals surface area contributed by atoms with E-state index >= 15 is 0 Å². The number of carbonyl (C=O) groups is 2. The average molecular weight is 627 g/mol. The SMILES string of the molecule is CC(C)(C)NS(=O)(=O)c1ccc(-c2sc(C(=O)NCC3(C(N)=O)CCOCC3)nc2CC2CCCCC2)c2ccccc12. The van der Waals surface area contributed by atoms with E-state index < -0.39 is 26.9 Å². The van der Waals surface area contributed by atoms with E-state index in [1.165, 1.54) is 30.6 Å². The number of hydrogen-bond acceptors (Lipinski definition) is 7. The van der Waals surface area contributed by atoms with Gasteiger partial charge in [0, 0.05) is 36.2 Å². The lowest BCUT2D eigenvalue weighted by molar-refractivity contribution is -0.132. The molecule has 5 rings (SSSR count). The Kier molecular flexibility index (Phi) is 9.27. The highest BCUT2D eigenvalue weighted by Crippen LogP contribution is 2.40. The Morgan fingerprint density at radius 2 is 1.72 bits per heavy atom. The number of rotatable bonds is 9. The van der Waals surface area contributed by atoms with Crippen molar-refractivity contribution in [1.82, 2.24) is 15.0 Å². The van der Waals surface area contributed by atoms with Crippen molar-refractivity contribution in [2.24, 2.45) is 17.1 Å². The molecule has 11 heteroatoms. The molecule has 2 aliphatic rings. The zero-order chi connectivity index (χ0) is 30.8. The lowest BCUT2D eigenvalue weighted by atomic mass is 9.79. The topological polar surface area (TPSA) is 140 Å². The molecule has 1 aromatic heterocycles. The first-order valence-corrected chi connectivity index (χ1v) is 17.4. The zero-order valence-electron chi connectivity index (χ0n) is 25.2. The van der Waals surface area contributed by atoms with Gasteiger partial charge in [0.25, 0.3) is 5.91 Å². The molecule has 0 atom stereocenters. The summed E-state index contributed by atoms with van der Waals surface area (Å²) in [6.07, 6.45) is 7.54. The summed E-state index contributed by atoms with van der Waals surface area (Å²) in [5, 5.41) is 4.66. The predicted molar refractivity (Wildman–Crippen MR) is 169 cm³/mol. The van der Waals surface area contributed by atoms with Gasteiger partial charge in [0.15, 0.2) is 5.01 Å². The van der Waals surface area contributed by atoms with Crippen molar-refractivity contribution in [3.05, 3.63) is 47.1 Å². The molecule has 2 aromatic carbocycles. The Morgan fingerprint density at radius 1 is 1.05 bits per heavy atom. The zero-order valence-corrected chi connectivity index (χ0v) is 26.8. The molecule has 1 saturated heterocycles. The summed E-state index contributed by atoms with van der Waals surface area (Å²) in [6.45, 7) is 6.43. The van der Waals surface area contributed by atoms with Crippen molar-refractivity contribution in [2.75, 3.05) is 19.8 Å². The van der Waals surface area contributed by atoms with Crippen LogP contribution in [0.25, 0.3) is 21.2 Å². The fourth-order valence-corrected chi connectivity index (χ4v) is 8.90. The van der Waals surface area contributed by atoms with Crippen molar-refractivity contribution in [3.63, 3.8) is 0 Å². The highest BCUT2D eigenvalue weighted by atomic mass is 32.2. The number of thiazole rings is 1. The minimum Gasteiger partial charge on any atom is -0.381 e. The number of benzene rings is 2. The number of nitrogens with two attached hydrogens (primary N) is 1. The fraction of sp³-hybridized carbons (Fsp3) is 0.531. The van der Waals surface area contributed by atoms with E-state index in [0.717, 1.165) is 40.8 Å². The summed E-state index contributed by atoms with van der Waals surface area (Å²) in [5.41, 5.74) is 5.99. The normalized spacial score (nSPS) is 18.0. The van der Waals surface area contributed by atoms with Crippen LogP contribution < -0.4 is 15.8 Å². The van der Waals surface area contributed by atoms with Crippen LogP contribution in [0.1, 0.15) is 81.2 Å². The molecule has 1 saturated carbocycles. The maximum absolute atomic E-state index is 13.5. The molecule has 2 heterocycles. The van der Waals surface area contributed by atoms with Gasteiger partial charge in [0.2, 0.25) is 15.9 Å². The van der Waals surface area contributed by atoms with Crippen molar-refractivity contribution in [3.8, 4) is 10.4 Å². The number of aromatic nitrogens is 1. The molecular weight excluding hydrogens is 585 g/mol. The third kappa shape index (κ3) is 7.11. The van der Waals surface area contributed by atoms with Crippen LogP contribution in [0.15, 0.2) is 41.3 Å². The van der Waals surface area contributed by atoms with E-state index in [9.17, 15) is 18.0 Å². The second-order valence-electron chi connectivity index (χ2n) is 13.0. The van der Waals surface area contributed by atoms with E-state index in [4.69, 9.17) is 15.5 Å². The summed E-state index contributed by atoms with van der Waals surface area (Å²) >= 11 is 1.31. The molecule has 232 valence electrons. The predicted octanol–water partition coefficient (Wildman–Crippen LogP) is 5.17. The monoisotopic (exact) mass is 626 g/mol. The highest BCUT2D eigenvalue weighted by Gasteiger charge is 2.39. The lowest BCUT2D eigenvalue weighted by Gasteiger charge is -2.34. The van der Waals surface area contributed by atoms with E-state index in [0.29, 0.717) is 42.4 Å². The van der Waals surface area contributed by atoms with E-state index in [-0.39, 0.29) is 17.3 Å². The van der Waals surface area contributed by atoms with Crippen molar-refractivity contribution in [1.29, 1.82) is 0 Å². The molecule has 3 aromatic rings. The molecule has 0 radical (unpaired) electrons. The third-order valence-electron chi connectivity index (χ3n) is 8.52. The number of fused-ring (bicyclic) bond motifs is 1. The first-order valence-electron chi connectivity index (χ1n) is 15.1. The minimum absolute atomic E-state index is 0.133. The van der Waals surface area contributed by atoms with E-state index in [1.54, 1.807) is 6.07 Å². The highest BCUT2D eigenvalue weighted by molar-refractivity contribution is 7.89. The van der Waals surface area contributed by atoms with Crippen LogP contribution in [0.5, 0.6) is 0 Å². The largest absolute Gasteiger partial charge is 0.381 e. The summed E-state index contributed by atoms with van der Waals surface area (Å²) in [7, 11) is -3.79. The maximum Gasteiger partial charge on any atom is 0.280 e. The van der Waals surface area contributed by atoms with Crippen LogP contribution in [-0.2, 0) is 26.0 Å². The standard InChI is InChI=1S/C32H42N4O5S2/c1-31(2,3)36-43(39,40)26-14-13-24(22-11-7-8-12-23(22)26)27-25(19-21-9-5-4-6-10-21)35-29(42-27)28(37)34-20-32(30(33)38)15-17-41-18-16-32/h7-8,11-14,21,36H,4-6,9-10,15-20H2,1-3H3,(H2,33,38)(H,34,37). The van der Waals surface area contributed by atoms with Crippen LogP contribution in [-0.4, -0.2) is 50.5 Å². The van der Waals surface area contributed by atoms with Gasteiger partial charge >= 0.3 is 0 Å². The Labute approximate surface area is 258 Å². The van der Waals surface area contributed by atoms with Gasteiger partial charge in [-0.3, -0.25) is 9.59 Å². The van der Waals surface area contributed by atoms with Gasteiger partial charge in [-0.05, 0) is 57.4 Å². The second-order valence-corrected chi connectivity index (χ2v) is 15.6. The Morgan fingerprint density at radius 3 is 2.37 bits per heavy atom. The summed E-state index contributed by atoms with van der Waals surface area (Å²) in [6, 6.07) is 11.0. The average Bonchev–Trinajstić information content (AvgIpc) is 3.38. The van der Waals surface area contributed by atoms with Crippen LogP contribution in [0.4, 0.5) is 0 Å². The molecule has 43 heavy (non-hydrogen) atoms. The molecule has 9 nitrogen and oxygen atoms in total. The Balaban J connectivity index is 1.53. The van der Waals surface area contributed by atoms with Crippen molar-refractivity contribution < 1.29 is 22.7 Å². The first-order chi connectivity index (χ1) is 20.4. The molecule has 4 N–H and O–H groups in total. The van der Waals surface area contributed by atoms with Gasteiger partial charge in [0.05, 0.1) is 20.9 Å². The van der Waals surface area contributed by atoms with Crippen LogP contribution in [0.3, 0.4) is 0 Å². The number of ether oxygens (including phenoxy) is 1. The fourth-order valence-electron chi connectivity index (χ4n) is 6.22. The number of nitrogens with one attached hydrogen (secondary N) is 2. The summed E-state index contributed by atoms with van der Waals surface area (Å²) < 4.78 is 35.0. The van der Waals surface area contributed by atoms with Crippen LogP contribution >= 0.6 is 11.3 Å². The number of nitrogens with zero attached hydrogens (tertiary/aromatic N) is 1. The Hall–Kier alpha value is -2.86. The molecule has 0 spiro atoms. The molecule has 2 fully saturated rings. The number of primary amides is 1. The summed E-state index contributed by atoms with van der Waals surface area (Å²) in [4.78, 5) is 31.8. The van der Waals surface area contributed by atoms with E-state index in [1.807, 2.05) is 51.1 Å². The third-order valence-corrected chi connectivity index (χ3v) is 11.5. The minimum atomic E-state index is -3.79. The number of amides is 2. The van der Waals surface area contributed by atoms with Crippen molar-refractivity contribution in [2.45, 2.75) is 82.6 Å². The van der Waals surface area contributed by atoms with Crippen LogP contribution in [0, 0.1) is 11.3 Å². The molecule has 0 unspecified atom stereocenters. The van der Waals surface area contributed by atoms with Gasteiger partial charge in [-0.25, -0.2) is 18.1 Å². The molecule has 1 aliphatic heterocycles. The van der Waals surface area contributed by atoms with Crippen LogP contribution in [0.2, 0.25) is 0 Å². The smallest absolute Gasteiger partial charge is 0.280 e. The lowest BCUT2D eigenvalue weighted by Crippen LogP contribution is -2.49. The molecule has 0 bridgehead atoms. The number of hydrogen-bond donors (Lipinski definition) is 3. The Bertz CT molecular complexity index is 1600. The number of carbonyl (C=O) groups excluding carboxylic acids is 2. The summed E-state index contributed by atoms with van der Waals surface area (Å²) in [5.74, 6) is -0.296. The molecule has 1 aliphatic carbocycles. The maximum atomic E-state index is 13.5. The first kappa shape index (κ1) is 31.6. The molecular formula is C32H42N4O5S2. The quantitative estimate of drug-likeness (QED) is 0.299. The van der Waals surface area contributed by atoms with E-state index in [2.05, 4.69) is 10.0 Å². The van der Waals surface area contributed by atoms with Crippen molar-refractivity contribution >= 4 is 43.9 Å². The number of sulfonamides is 1. The van der Waals surface area contributed by atoms with Gasteiger partial charge < -0.3 is 15.8 Å². The van der Waals surface area contributed by atoms with Gasteiger partial charge in [-0.1, -0.05) is 62.4 Å². The molecule has 2 amide bonds.